The highest BCUT2D eigenvalue weighted by Gasteiger charge is 2.22. The number of carbonyl (C=O) groups excluding carboxylic acids is 1. The molecule has 1 aliphatic heterocycles. The summed E-state index contributed by atoms with van der Waals surface area (Å²) in [7, 11) is 0. The summed E-state index contributed by atoms with van der Waals surface area (Å²) in [6.07, 6.45) is 7.44. The molecule has 0 spiro atoms. The van der Waals surface area contributed by atoms with Gasteiger partial charge in [0.25, 0.3) is 5.91 Å². The van der Waals surface area contributed by atoms with Crippen molar-refractivity contribution in [2.45, 2.75) is 58.4 Å². The van der Waals surface area contributed by atoms with Crippen molar-refractivity contribution >= 4 is 17.2 Å². The fourth-order valence-electron chi connectivity index (χ4n) is 3.53. The van der Waals surface area contributed by atoms with Crippen LogP contribution in [0.15, 0.2) is 6.07 Å². The smallest absolute Gasteiger partial charge is 0.261 e. The molecule has 0 saturated carbocycles. The van der Waals surface area contributed by atoms with Gasteiger partial charge in [0.05, 0.1) is 4.88 Å². The average Bonchev–Trinajstić information content (AvgIpc) is 2.97. The number of thiophene rings is 1. The second-order valence-electron chi connectivity index (χ2n) is 7.04. The molecule has 1 atom stereocenters. The quantitative estimate of drug-likeness (QED) is 0.921. The third-order valence-corrected chi connectivity index (χ3v) is 6.46. The van der Waals surface area contributed by atoms with Crippen molar-refractivity contribution in [3.8, 4) is 0 Å². The van der Waals surface area contributed by atoms with E-state index < -0.39 is 0 Å². The fourth-order valence-corrected chi connectivity index (χ4v) is 4.70. The molecule has 1 fully saturated rings. The first-order chi connectivity index (χ1) is 10.6. The van der Waals surface area contributed by atoms with Gasteiger partial charge in [-0.05, 0) is 76.1 Å². The molecule has 2 heterocycles. The zero-order valence-corrected chi connectivity index (χ0v) is 14.7. The Morgan fingerprint density at radius 1 is 1.36 bits per heavy atom. The summed E-state index contributed by atoms with van der Waals surface area (Å²) in [5.74, 6) is 0.979. The van der Waals surface area contributed by atoms with Gasteiger partial charge in [0.1, 0.15) is 0 Å². The average molecular weight is 321 g/mol. The first kappa shape index (κ1) is 16.0. The number of nitrogens with zero attached hydrogens (tertiary/aromatic N) is 1. The third kappa shape index (κ3) is 3.72. The van der Waals surface area contributed by atoms with Crippen molar-refractivity contribution < 1.29 is 4.79 Å². The molecule has 122 valence electrons. The molecule has 1 saturated heterocycles. The van der Waals surface area contributed by atoms with Crippen LogP contribution >= 0.6 is 11.3 Å². The number of nitrogens with one attached hydrogen (secondary N) is 1. The lowest BCUT2D eigenvalue weighted by Crippen LogP contribution is -2.45. The maximum absolute atomic E-state index is 12.4. The molecule has 3 rings (SSSR count). The summed E-state index contributed by atoms with van der Waals surface area (Å²) >= 11 is 1.71. The highest BCUT2D eigenvalue weighted by molar-refractivity contribution is 7.14. The van der Waals surface area contributed by atoms with Gasteiger partial charge in [0.2, 0.25) is 0 Å². The van der Waals surface area contributed by atoms with E-state index in [1.807, 2.05) is 0 Å². The number of hydrogen-bond donors (Lipinski definition) is 1. The summed E-state index contributed by atoms with van der Waals surface area (Å²) in [6.45, 7) is 7.67. The Labute approximate surface area is 138 Å². The molecule has 4 heteroatoms. The molecule has 0 bridgehead atoms. The molecule has 1 aliphatic carbocycles. The Kier molecular flexibility index (Phi) is 5.19. The molecule has 1 aromatic heterocycles. The molecular weight excluding hydrogens is 292 g/mol. The lowest BCUT2D eigenvalue weighted by Gasteiger charge is -2.34. The second kappa shape index (κ2) is 7.14. The van der Waals surface area contributed by atoms with Crippen molar-refractivity contribution in [3.63, 3.8) is 0 Å². The van der Waals surface area contributed by atoms with Crippen LogP contribution in [0, 0.1) is 5.92 Å². The van der Waals surface area contributed by atoms with Crippen molar-refractivity contribution in [2.24, 2.45) is 5.92 Å². The molecule has 2 aliphatic rings. The van der Waals surface area contributed by atoms with Crippen LogP contribution in [-0.4, -0.2) is 36.5 Å². The topological polar surface area (TPSA) is 32.3 Å². The number of fused-ring (bicyclic) bond motifs is 1. The standard InChI is InChI=1S/C18H28N2OS/c1-13-7-9-20(10-8-13)14(2)12-19-18(21)17-11-15-5-3-4-6-16(15)22-17/h11,13-14H,3-10,12H2,1-2H3,(H,19,21). The van der Waals surface area contributed by atoms with Crippen LogP contribution in [0.5, 0.6) is 0 Å². The highest BCUT2D eigenvalue weighted by atomic mass is 32.1. The van der Waals surface area contributed by atoms with E-state index in [4.69, 9.17) is 0 Å². The van der Waals surface area contributed by atoms with Gasteiger partial charge in [-0.1, -0.05) is 6.92 Å². The van der Waals surface area contributed by atoms with E-state index in [0.717, 1.165) is 30.2 Å². The van der Waals surface area contributed by atoms with E-state index in [-0.39, 0.29) is 5.91 Å². The largest absolute Gasteiger partial charge is 0.350 e. The first-order valence-electron chi connectivity index (χ1n) is 8.77. The van der Waals surface area contributed by atoms with E-state index in [2.05, 4.69) is 30.1 Å². The molecule has 1 unspecified atom stereocenters. The number of carbonyl (C=O) groups is 1. The first-order valence-corrected chi connectivity index (χ1v) is 9.59. The van der Waals surface area contributed by atoms with Crippen LogP contribution in [0.2, 0.25) is 0 Å². The minimum atomic E-state index is 0.122. The normalized spacial score (nSPS) is 21.4. The molecule has 1 amide bonds. The van der Waals surface area contributed by atoms with Gasteiger partial charge in [0.15, 0.2) is 0 Å². The predicted molar refractivity (Wildman–Crippen MR) is 92.7 cm³/mol. The highest BCUT2D eigenvalue weighted by Crippen LogP contribution is 2.29. The molecule has 0 aromatic carbocycles. The Hall–Kier alpha value is -0.870. The lowest BCUT2D eigenvalue weighted by atomic mass is 9.98. The van der Waals surface area contributed by atoms with Crippen molar-refractivity contribution in [2.75, 3.05) is 19.6 Å². The second-order valence-corrected chi connectivity index (χ2v) is 8.18. The van der Waals surface area contributed by atoms with Crippen LogP contribution in [-0.2, 0) is 12.8 Å². The predicted octanol–water partition coefficient (Wildman–Crippen LogP) is 3.48. The molecule has 0 radical (unpaired) electrons. The lowest BCUT2D eigenvalue weighted by molar-refractivity contribution is 0.0925. The zero-order chi connectivity index (χ0) is 15.5. The van der Waals surface area contributed by atoms with Crippen LogP contribution in [0.3, 0.4) is 0 Å². The molecule has 3 nitrogen and oxygen atoms in total. The van der Waals surface area contributed by atoms with Gasteiger partial charge in [-0.3, -0.25) is 9.69 Å². The number of aryl methyl sites for hydroxylation is 2. The van der Waals surface area contributed by atoms with Gasteiger partial charge in [-0.25, -0.2) is 0 Å². The summed E-state index contributed by atoms with van der Waals surface area (Å²) < 4.78 is 0. The number of likely N-dealkylation sites (tertiary alicyclic amines) is 1. The Morgan fingerprint density at radius 3 is 2.82 bits per heavy atom. The van der Waals surface area contributed by atoms with Crippen LogP contribution in [0.25, 0.3) is 0 Å². The van der Waals surface area contributed by atoms with Gasteiger partial charge in [0, 0.05) is 17.5 Å². The maximum Gasteiger partial charge on any atom is 0.261 e. The zero-order valence-electron chi connectivity index (χ0n) is 13.9. The van der Waals surface area contributed by atoms with Gasteiger partial charge < -0.3 is 5.32 Å². The van der Waals surface area contributed by atoms with E-state index in [1.165, 1.54) is 49.2 Å². The van der Waals surface area contributed by atoms with Crippen LogP contribution in [0.1, 0.15) is 59.6 Å². The minimum absolute atomic E-state index is 0.122. The van der Waals surface area contributed by atoms with Crippen LogP contribution in [0.4, 0.5) is 0 Å². The van der Waals surface area contributed by atoms with Crippen molar-refractivity contribution in [3.05, 3.63) is 21.4 Å². The molecule has 1 aromatic rings. The number of rotatable bonds is 4. The molecular formula is C18H28N2OS. The van der Waals surface area contributed by atoms with Gasteiger partial charge in [-0.15, -0.1) is 11.3 Å². The fraction of sp³-hybridized carbons (Fsp3) is 0.722. The number of hydrogen-bond acceptors (Lipinski definition) is 3. The van der Waals surface area contributed by atoms with Crippen LogP contribution < -0.4 is 5.32 Å². The summed E-state index contributed by atoms with van der Waals surface area (Å²) in [4.78, 5) is 17.2. The summed E-state index contributed by atoms with van der Waals surface area (Å²) in [5, 5.41) is 3.15. The maximum atomic E-state index is 12.4. The molecule has 1 N–H and O–H groups in total. The summed E-state index contributed by atoms with van der Waals surface area (Å²) in [6, 6.07) is 2.56. The number of amides is 1. The Morgan fingerprint density at radius 2 is 2.09 bits per heavy atom. The monoisotopic (exact) mass is 320 g/mol. The SMILES string of the molecule is CC1CCN(C(C)CNC(=O)c2cc3c(s2)CCCC3)CC1. The van der Waals surface area contributed by atoms with E-state index in [0.29, 0.717) is 6.04 Å². The van der Waals surface area contributed by atoms with E-state index in [1.54, 1.807) is 11.3 Å². The third-order valence-electron chi connectivity index (χ3n) is 5.22. The van der Waals surface area contributed by atoms with Gasteiger partial charge >= 0.3 is 0 Å². The van der Waals surface area contributed by atoms with E-state index >= 15 is 0 Å². The van der Waals surface area contributed by atoms with Crippen molar-refractivity contribution in [1.82, 2.24) is 10.2 Å². The van der Waals surface area contributed by atoms with Crippen molar-refractivity contribution in [1.29, 1.82) is 0 Å². The Balaban J connectivity index is 1.50. The summed E-state index contributed by atoms with van der Waals surface area (Å²) in [5.41, 5.74) is 1.42. The Bertz CT molecular complexity index is 494. The number of piperidine rings is 1. The minimum Gasteiger partial charge on any atom is -0.350 e. The van der Waals surface area contributed by atoms with Gasteiger partial charge in [-0.2, -0.15) is 0 Å². The van der Waals surface area contributed by atoms with E-state index in [9.17, 15) is 4.79 Å². The molecule has 22 heavy (non-hydrogen) atoms.